The van der Waals surface area contributed by atoms with Crippen molar-refractivity contribution in [2.75, 3.05) is 0 Å². The summed E-state index contributed by atoms with van der Waals surface area (Å²) in [5, 5.41) is 0. The van der Waals surface area contributed by atoms with Crippen LogP contribution in [0.1, 0.15) is 41.8 Å². The van der Waals surface area contributed by atoms with Crippen molar-refractivity contribution in [1.29, 1.82) is 0 Å². The molecule has 0 bridgehead atoms. The van der Waals surface area contributed by atoms with Crippen molar-refractivity contribution in [2.45, 2.75) is 33.1 Å². The third-order valence-corrected chi connectivity index (χ3v) is 3.96. The highest BCUT2D eigenvalue weighted by atomic mass is 14.9. The molecule has 3 rings (SSSR count). The van der Waals surface area contributed by atoms with E-state index in [1.54, 1.807) is 0 Å². The first-order valence-corrected chi connectivity index (χ1v) is 7.21. The summed E-state index contributed by atoms with van der Waals surface area (Å²) < 4.78 is 0. The molecule has 2 heteroatoms. The number of nitrogens with one attached hydrogen (secondary N) is 1. The van der Waals surface area contributed by atoms with Crippen LogP contribution in [0.2, 0.25) is 0 Å². The Labute approximate surface area is 119 Å². The van der Waals surface area contributed by atoms with Crippen LogP contribution >= 0.6 is 0 Å². The maximum Gasteiger partial charge on any atom is 0.114 e. The Morgan fingerprint density at radius 1 is 1.10 bits per heavy atom. The summed E-state index contributed by atoms with van der Waals surface area (Å²) in [5.41, 5.74) is 6.13. The normalized spacial score (nSPS) is 12.8. The first kappa shape index (κ1) is 12.9. The van der Waals surface area contributed by atoms with E-state index in [1.807, 2.05) is 0 Å². The molecule has 0 aliphatic heterocycles. The fraction of sp³-hybridized carbons (Fsp3) is 0.278. The fourth-order valence-corrected chi connectivity index (χ4v) is 2.84. The molecule has 0 saturated heterocycles. The second-order valence-electron chi connectivity index (χ2n) is 5.46. The Balaban J connectivity index is 2.10. The van der Waals surface area contributed by atoms with Crippen molar-refractivity contribution in [3.05, 3.63) is 65.0 Å². The fourth-order valence-electron chi connectivity index (χ4n) is 2.84. The minimum absolute atomic E-state index is 0.337. The third kappa shape index (κ3) is 2.22. The molecular formula is C18H20N2. The van der Waals surface area contributed by atoms with Crippen LogP contribution < -0.4 is 0 Å². The van der Waals surface area contributed by atoms with E-state index >= 15 is 0 Å². The number of H-pyrrole nitrogens is 1. The summed E-state index contributed by atoms with van der Waals surface area (Å²) in [7, 11) is 0. The molecule has 1 atom stereocenters. The summed E-state index contributed by atoms with van der Waals surface area (Å²) in [6.45, 7) is 6.49. The number of hydrogen-bond donors (Lipinski definition) is 1. The molecule has 20 heavy (non-hydrogen) atoms. The molecule has 0 amide bonds. The quantitative estimate of drug-likeness (QED) is 0.728. The number of aromatic nitrogens is 2. The molecule has 2 nitrogen and oxygen atoms in total. The maximum absolute atomic E-state index is 4.81. The first-order valence-electron chi connectivity index (χ1n) is 7.21. The Morgan fingerprint density at radius 2 is 1.90 bits per heavy atom. The minimum Gasteiger partial charge on any atom is -0.341 e. The van der Waals surface area contributed by atoms with E-state index in [2.05, 4.69) is 68.2 Å². The zero-order valence-corrected chi connectivity index (χ0v) is 12.3. The van der Waals surface area contributed by atoms with Gasteiger partial charge in [0.15, 0.2) is 0 Å². The molecule has 1 aromatic heterocycles. The summed E-state index contributed by atoms with van der Waals surface area (Å²) in [4.78, 5) is 8.30. The van der Waals surface area contributed by atoms with Gasteiger partial charge >= 0.3 is 0 Å². The van der Waals surface area contributed by atoms with E-state index in [4.69, 9.17) is 4.98 Å². The van der Waals surface area contributed by atoms with E-state index in [1.165, 1.54) is 16.7 Å². The number of aromatic amines is 1. The highest BCUT2D eigenvalue weighted by Gasteiger charge is 2.17. The van der Waals surface area contributed by atoms with Crippen molar-refractivity contribution >= 4 is 11.0 Å². The van der Waals surface area contributed by atoms with Gasteiger partial charge in [-0.15, -0.1) is 0 Å². The second-order valence-corrected chi connectivity index (χ2v) is 5.46. The van der Waals surface area contributed by atoms with Gasteiger partial charge in [0, 0.05) is 5.92 Å². The number of aryl methyl sites for hydroxylation is 2. The first-order chi connectivity index (χ1) is 9.69. The van der Waals surface area contributed by atoms with Gasteiger partial charge in [0.25, 0.3) is 0 Å². The van der Waals surface area contributed by atoms with Crippen LogP contribution in [-0.4, -0.2) is 9.97 Å². The van der Waals surface area contributed by atoms with E-state index < -0.39 is 0 Å². The van der Waals surface area contributed by atoms with Gasteiger partial charge in [-0.25, -0.2) is 4.98 Å². The van der Waals surface area contributed by atoms with Gasteiger partial charge in [-0.1, -0.05) is 37.3 Å². The van der Waals surface area contributed by atoms with Crippen LogP contribution in [-0.2, 0) is 0 Å². The lowest BCUT2D eigenvalue weighted by Gasteiger charge is -2.15. The molecule has 3 aromatic rings. The van der Waals surface area contributed by atoms with Crippen molar-refractivity contribution in [3.63, 3.8) is 0 Å². The molecule has 1 heterocycles. The molecule has 1 N–H and O–H groups in total. The number of benzene rings is 2. The minimum atomic E-state index is 0.337. The van der Waals surface area contributed by atoms with E-state index in [9.17, 15) is 0 Å². The van der Waals surface area contributed by atoms with Crippen LogP contribution in [0, 0.1) is 13.8 Å². The van der Waals surface area contributed by atoms with Crippen molar-refractivity contribution in [3.8, 4) is 0 Å². The number of hydrogen-bond acceptors (Lipinski definition) is 1. The monoisotopic (exact) mass is 264 g/mol. The summed E-state index contributed by atoms with van der Waals surface area (Å²) in [6, 6.07) is 15.0. The molecule has 102 valence electrons. The number of imidazole rings is 1. The number of fused-ring (bicyclic) bond motifs is 1. The lowest BCUT2D eigenvalue weighted by Crippen LogP contribution is -2.03. The van der Waals surface area contributed by atoms with Gasteiger partial charge in [0.05, 0.1) is 11.0 Å². The maximum atomic E-state index is 4.81. The summed E-state index contributed by atoms with van der Waals surface area (Å²) >= 11 is 0. The highest BCUT2D eigenvalue weighted by molar-refractivity contribution is 5.76. The van der Waals surface area contributed by atoms with Gasteiger partial charge in [-0.05, 0) is 49.1 Å². The molecule has 2 aromatic carbocycles. The van der Waals surface area contributed by atoms with Gasteiger partial charge in [-0.3, -0.25) is 0 Å². The van der Waals surface area contributed by atoms with Crippen molar-refractivity contribution in [1.82, 2.24) is 9.97 Å². The standard InChI is InChI=1S/C18H20N2/c1-4-14(15-8-6-5-7-13(15)3)18-19-16-10-9-12(2)11-17(16)20-18/h5-11,14H,4H2,1-3H3,(H,19,20). The Kier molecular flexibility index (Phi) is 3.31. The van der Waals surface area contributed by atoms with Crippen LogP contribution in [0.5, 0.6) is 0 Å². The predicted octanol–water partition coefficient (Wildman–Crippen LogP) is 4.72. The molecule has 0 aliphatic carbocycles. The number of rotatable bonds is 3. The SMILES string of the molecule is CCC(c1nc2cc(C)ccc2[nH]1)c1ccccc1C. The largest absolute Gasteiger partial charge is 0.341 e. The molecule has 1 unspecified atom stereocenters. The van der Waals surface area contributed by atoms with E-state index in [0.29, 0.717) is 5.92 Å². The number of nitrogens with zero attached hydrogens (tertiary/aromatic N) is 1. The van der Waals surface area contributed by atoms with Gasteiger partial charge < -0.3 is 4.98 Å². The van der Waals surface area contributed by atoms with Crippen LogP contribution in [0.3, 0.4) is 0 Å². The van der Waals surface area contributed by atoms with Gasteiger partial charge in [-0.2, -0.15) is 0 Å². The lowest BCUT2D eigenvalue weighted by atomic mass is 9.92. The molecule has 0 fully saturated rings. The Bertz CT molecular complexity index is 740. The third-order valence-electron chi connectivity index (χ3n) is 3.96. The van der Waals surface area contributed by atoms with Crippen LogP contribution in [0.15, 0.2) is 42.5 Å². The predicted molar refractivity (Wildman–Crippen MR) is 84.1 cm³/mol. The molecular weight excluding hydrogens is 244 g/mol. The summed E-state index contributed by atoms with van der Waals surface area (Å²) in [5.74, 6) is 1.41. The highest BCUT2D eigenvalue weighted by Crippen LogP contribution is 2.29. The van der Waals surface area contributed by atoms with E-state index in [-0.39, 0.29) is 0 Å². The Morgan fingerprint density at radius 3 is 2.65 bits per heavy atom. The molecule has 0 spiro atoms. The smallest absolute Gasteiger partial charge is 0.114 e. The van der Waals surface area contributed by atoms with Gasteiger partial charge in [0.2, 0.25) is 0 Å². The topological polar surface area (TPSA) is 28.7 Å². The van der Waals surface area contributed by atoms with E-state index in [0.717, 1.165) is 23.3 Å². The van der Waals surface area contributed by atoms with Crippen LogP contribution in [0.4, 0.5) is 0 Å². The zero-order chi connectivity index (χ0) is 14.1. The lowest BCUT2D eigenvalue weighted by molar-refractivity contribution is 0.727. The Hall–Kier alpha value is -2.09. The average Bonchev–Trinajstić information content (AvgIpc) is 2.84. The van der Waals surface area contributed by atoms with Crippen molar-refractivity contribution < 1.29 is 0 Å². The molecule has 0 saturated carbocycles. The van der Waals surface area contributed by atoms with Gasteiger partial charge in [0.1, 0.15) is 5.82 Å². The molecule has 0 radical (unpaired) electrons. The zero-order valence-electron chi connectivity index (χ0n) is 12.3. The van der Waals surface area contributed by atoms with Crippen LogP contribution in [0.25, 0.3) is 11.0 Å². The molecule has 0 aliphatic rings. The average molecular weight is 264 g/mol. The second kappa shape index (κ2) is 5.12. The summed E-state index contributed by atoms with van der Waals surface area (Å²) in [6.07, 6.45) is 1.05. The van der Waals surface area contributed by atoms with Crippen molar-refractivity contribution in [2.24, 2.45) is 0 Å².